The van der Waals surface area contributed by atoms with Gasteiger partial charge in [0.25, 0.3) is 0 Å². The summed E-state index contributed by atoms with van der Waals surface area (Å²) in [5.41, 5.74) is 6.12. The zero-order valence-corrected chi connectivity index (χ0v) is 18.7. The Morgan fingerprint density at radius 3 is 2.03 bits per heavy atom. The highest BCUT2D eigenvalue weighted by molar-refractivity contribution is 7.80. The molecule has 34 heavy (non-hydrogen) atoms. The quantitative estimate of drug-likeness (QED) is 0.110. The van der Waals surface area contributed by atoms with Crippen LogP contribution in [-0.2, 0) is 35.2 Å². The Kier molecular flexibility index (Phi) is 11.5. The fraction of sp³-hybridized carbons (Fsp3) is 0.500. The van der Waals surface area contributed by atoms with Gasteiger partial charge >= 0.3 is 17.9 Å². The second-order valence-electron chi connectivity index (χ2n) is 7.12. The predicted molar refractivity (Wildman–Crippen MR) is 117 cm³/mol. The first kappa shape index (κ1) is 28.4. The second kappa shape index (κ2) is 13.8. The number of aromatic nitrogens is 2. The van der Waals surface area contributed by atoms with E-state index in [1.165, 1.54) is 12.5 Å². The molecule has 0 radical (unpaired) electrons. The summed E-state index contributed by atoms with van der Waals surface area (Å²) in [4.78, 5) is 76.8. The Morgan fingerprint density at radius 2 is 1.53 bits per heavy atom. The van der Waals surface area contributed by atoms with E-state index in [1.807, 2.05) is 5.32 Å². The van der Waals surface area contributed by atoms with E-state index in [0.717, 1.165) is 0 Å². The highest BCUT2D eigenvalue weighted by Gasteiger charge is 2.31. The number of hydrogen-bond donors (Lipinski definition) is 9. The molecule has 4 atom stereocenters. The number of aromatic amines is 1. The van der Waals surface area contributed by atoms with Gasteiger partial charge in [-0.1, -0.05) is 0 Å². The van der Waals surface area contributed by atoms with Gasteiger partial charge in [0.15, 0.2) is 0 Å². The maximum Gasteiger partial charge on any atom is 0.326 e. The zero-order valence-electron chi connectivity index (χ0n) is 17.8. The van der Waals surface area contributed by atoms with Gasteiger partial charge in [0.1, 0.15) is 18.1 Å². The largest absolute Gasteiger partial charge is 0.481 e. The van der Waals surface area contributed by atoms with Gasteiger partial charge in [0.2, 0.25) is 17.7 Å². The van der Waals surface area contributed by atoms with Crippen LogP contribution in [0.2, 0.25) is 0 Å². The number of thiol groups is 1. The molecule has 0 bridgehead atoms. The van der Waals surface area contributed by atoms with Gasteiger partial charge in [-0.2, -0.15) is 12.6 Å². The minimum Gasteiger partial charge on any atom is -0.481 e. The molecule has 0 aliphatic heterocycles. The fourth-order valence-corrected chi connectivity index (χ4v) is 2.88. The van der Waals surface area contributed by atoms with Gasteiger partial charge in [-0.05, 0) is 6.42 Å². The van der Waals surface area contributed by atoms with Gasteiger partial charge in [-0.25, -0.2) is 9.78 Å². The molecule has 1 aromatic rings. The highest BCUT2D eigenvalue weighted by atomic mass is 32.1. The molecular formula is C18H26N6O9S. The Morgan fingerprint density at radius 1 is 0.941 bits per heavy atom. The number of rotatable bonds is 15. The van der Waals surface area contributed by atoms with E-state index in [1.54, 1.807) is 0 Å². The topological polar surface area (TPSA) is 254 Å². The Hall–Kier alpha value is -3.66. The first-order valence-electron chi connectivity index (χ1n) is 9.85. The van der Waals surface area contributed by atoms with Crippen LogP contribution >= 0.6 is 12.6 Å². The van der Waals surface area contributed by atoms with Crippen molar-refractivity contribution in [1.82, 2.24) is 25.9 Å². The third-order valence-corrected chi connectivity index (χ3v) is 4.79. The molecule has 9 N–H and O–H groups in total. The van der Waals surface area contributed by atoms with Gasteiger partial charge in [-0.3, -0.25) is 24.0 Å². The lowest BCUT2D eigenvalue weighted by Gasteiger charge is -2.24. The molecule has 1 heterocycles. The number of hydrogen-bond acceptors (Lipinski definition) is 9. The molecule has 0 aliphatic rings. The van der Waals surface area contributed by atoms with Gasteiger partial charge in [0.05, 0.1) is 18.8 Å². The number of H-pyrrole nitrogens is 1. The Bertz CT molecular complexity index is 894. The van der Waals surface area contributed by atoms with E-state index in [2.05, 4.69) is 33.2 Å². The number of nitrogens with two attached hydrogens (primary N) is 1. The van der Waals surface area contributed by atoms with Crippen LogP contribution in [0.3, 0.4) is 0 Å². The van der Waals surface area contributed by atoms with Crippen LogP contribution in [-0.4, -0.2) is 90.8 Å². The zero-order chi connectivity index (χ0) is 25.8. The number of nitrogens with zero attached hydrogens (tertiary/aromatic N) is 1. The average molecular weight is 503 g/mol. The minimum atomic E-state index is -1.74. The average Bonchev–Trinajstić information content (AvgIpc) is 3.27. The summed E-state index contributed by atoms with van der Waals surface area (Å²) in [6.07, 6.45) is 1.20. The molecule has 16 heteroatoms. The summed E-state index contributed by atoms with van der Waals surface area (Å²) < 4.78 is 0. The molecule has 0 saturated carbocycles. The Labute approximate surface area is 198 Å². The number of carboxylic acid groups (broad SMARTS) is 3. The van der Waals surface area contributed by atoms with Crippen LogP contribution in [0.15, 0.2) is 12.5 Å². The number of carboxylic acids is 3. The van der Waals surface area contributed by atoms with Crippen molar-refractivity contribution in [3.8, 4) is 0 Å². The molecule has 0 aliphatic carbocycles. The fourth-order valence-electron chi connectivity index (χ4n) is 2.63. The van der Waals surface area contributed by atoms with Crippen molar-refractivity contribution in [3.63, 3.8) is 0 Å². The lowest BCUT2D eigenvalue weighted by molar-refractivity contribution is -0.147. The first-order chi connectivity index (χ1) is 15.9. The van der Waals surface area contributed by atoms with E-state index < -0.39 is 66.2 Å². The van der Waals surface area contributed by atoms with E-state index in [9.17, 15) is 28.8 Å². The molecule has 4 unspecified atom stereocenters. The van der Waals surface area contributed by atoms with Crippen LogP contribution in [0, 0.1) is 0 Å². The maximum absolute atomic E-state index is 12.8. The normalized spacial score (nSPS) is 14.2. The number of carbonyl (C=O) groups excluding carboxylic acids is 3. The number of carbonyl (C=O) groups is 6. The molecule has 0 saturated heterocycles. The van der Waals surface area contributed by atoms with Crippen LogP contribution < -0.4 is 21.7 Å². The van der Waals surface area contributed by atoms with Crippen LogP contribution in [0.25, 0.3) is 0 Å². The first-order valence-corrected chi connectivity index (χ1v) is 10.5. The summed E-state index contributed by atoms with van der Waals surface area (Å²) in [5.74, 6) is -7.13. The standard InChI is InChI=1S/C18H26N6O9S/c19-9(1-2-13(25)26)15(29)22-10(3-8-5-20-7-21-8)16(30)24-12(6-34)17(31)23-11(18(32)33)4-14(27)28/h5,7,9-12,34H,1-4,6,19H2,(H,20,21)(H,22,29)(H,23,31)(H,24,30)(H,25,26)(H,27,28)(H,32,33). The molecule has 0 spiro atoms. The van der Waals surface area contributed by atoms with Crippen molar-refractivity contribution in [1.29, 1.82) is 0 Å². The molecule has 1 aromatic heterocycles. The monoisotopic (exact) mass is 502 g/mol. The van der Waals surface area contributed by atoms with Crippen molar-refractivity contribution in [2.24, 2.45) is 5.73 Å². The lowest BCUT2D eigenvalue weighted by Crippen LogP contribution is -2.58. The molecular weight excluding hydrogens is 476 g/mol. The summed E-state index contributed by atoms with van der Waals surface area (Å²) in [5, 5.41) is 33.3. The van der Waals surface area contributed by atoms with Gasteiger partial charge in [0, 0.05) is 30.5 Å². The number of aliphatic carboxylic acids is 3. The molecule has 3 amide bonds. The van der Waals surface area contributed by atoms with Crippen molar-refractivity contribution >= 4 is 48.3 Å². The lowest BCUT2D eigenvalue weighted by atomic mass is 10.1. The Balaban J connectivity index is 2.92. The third-order valence-electron chi connectivity index (χ3n) is 4.43. The summed E-state index contributed by atoms with van der Waals surface area (Å²) >= 11 is 3.96. The molecule has 0 aromatic carbocycles. The van der Waals surface area contributed by atoms with Gasteiger partial charge < -0.3 is 42.0 Å². The maximum atomic E-state index is 12.8. The smallest absolute Gasteiger partial charge is 0.326 e. The molecule has 188 valence electrons. The van der Waals surface area contributed by atoms with Crippen LogP contribution in [0.5, 0.6) is 0 Å². The van der Waals surface area contributed by atoms with E-state index in [-0.39, 0.29) is 25.0 Å². The van der Waals surface area contributed by atoms with Gasteiger partial charge in [-0.15, -0.1) is 0 Å². The van der Waals surface area contributed by atoms with Crippen LogP contribution in [0.1, 0.15) is 25.0 Å². The minimum absolute atomic E-state index is 0.0963. The number of nitrogens with one attached hydrogen (secondary N) is 4. The van der Waals surface area contributed by atoms with E-state index >= 15 is 0 Å². The highest BCUT2D eigenvalue weighted by Crippen LogP contribution is 2.03. The third kappa shape index (κ3) is 9.86. The van der Waals surface area contributed by atoms with Crippen molar-refractivity contribution < 1.29 is 44.1 Å². The predicted octanol–water partition coefficient (Wildman–Crippen LogP) is -2.91. The summed E-state index contributed by atoms with van der Waals surface area (Å²) in [6, 6.07) is -5.59. The SMILES string of the molecule is NC(CCC(=O)O)C(=O)NC(Cc1cnc[nH]1)C(=O)NC(CS)C(=O)NC(CC(=O)O)C(=O)O. The van der Waals surface area contributed by atoms with E-state index in [4.69, 9.17) is 21.1 Å². The molecule has 0 fully saturated rings. The summed E-state index contributed by atoms with van der Waals surface area (Å²) in [6.45, 7) is 0. The molecule has 15 nitrogen and oxygen atoms in total. The van der Waals surface area contributed by atoms with E-state index in [0.29, 0.717) is 5.69 Å². The second-order valence-corrected chi connectivity index (χ2v) is 7.49. The number of amides is 3. The summed E-state index contributed by atoms with van der Waals surface area (Å²) in [7, 11) is 0. The van der Waals surface area contributed by atoms with Crippen molar-refractivity contribution in [2.75, 3.05) is 5.75 Å². The van der Waals surface area contributed by atoms with Crippen LogP contribution in [0.4, 0.5) is 0 Å². The van der Waals surface area contributed by atoms with Crippen molar-refractivity contribution in [3.05, 3.63) is 18.2 Å². The van der Waals surface area contributed by atoms with Crippen molar-refractivity contribution in [2.45, 2.75) is 49.9 Å². The molecule has 1 rings (SSSR count). The number of imidazole rings is 1.